The summed E-state index contributed by atoms with van der Waals surface area (Å²) in [6.45, 7) is 8.97. The van der Waals surface area contributed by atoms with E-state index in [1.54, 1.807) is 0 Å². The molecular weight excluding hydrogens is 392 g/mol. The molecule has 0 saturated heterocycles. The molecule has 1 rings (SSSR count). The van der Waals surface area contributed by atoms with Crippen LogP contribution in [0.3, 0.4) is 0 Å². The van der Waals surface area contributed by atoms with Crippen LogP contribution in [0.5, 0.6) is 11.5 Å². The summed E-state index contributed by atoms with van der Waals surface area (Å²) in [6, 6.07) is 0. The Bertz CT molecular complexity index is 654. The Labute approximate surface area is 189 Å². The molecule has 0 amide bonds. The first-order chi connectivity index (χ1) is 15.0. The van der Waals surface area contributed by atoms with Crippen LogP contribution in [0.4, 0.5) is 0 Å². The fourth-order valence-corrected chi connectivity index (χ4v) is 3.96. The van der Waals surface area contributed by atoms with Gasteiger partial charge in [-0.2, -0.15) is 4.89 Å². The van der Waals surface area contributed by atoms with Crippen LogP contribution in [-0.4, -0.2) is 22.8 Å². The molecular formula is C26H44O5. The highest BCUT2D eigenvalue weighted by Crippen LogP contribution is 2.42. The van der Waals surface area contributed by atoms with E-state index in [0.29, 0.717) is 13.0 Å². The van der Waals surface area contributed by atoms with Crippen molar-refractivity contribution in [2.75, 3.05) is 6.61 Å². The van der Waals surface area contributed by atoms with E-state index in [2.05, 4.69) is 27.7 Å². The molecule has 2 N–H and O–H groups in total. The minimum Gasteiger partial charge on any atom is -0.504 e. The maximum atomic E-state index is 12.1. The van der Waals surface area contributed by atoms with E-state index in [1.165, 1.54) is 19.3 Å². The Kier molecular flexibility index (Phi) is 14.1. The summed E-state index contributed by atoms with van der Waals surface area (Å²) in [5.74, 6) is -1.17. The molecule has 0 spiro atoms. The molecule has 0 heterocycles. The average Bonchev–Trinajstić information content (AvgIpc) is 2.75. The Hall–Kier alpha value is -1.75. The van der Waals surface area contributed by atoms with Gasteiger partial charge in [0.05, 0.1) is 6.61 Å². The van der Waals surface area contributed by atoms with Crippen molar-refractivity contribution in [3.05, 3.63) is 22.3 Å². The van der Waals surface area contributed by atoms with Crippen LogP contribution in [-0.2, 0) is 24.2 Å². The topological polar surface area (TPSA) is 76.0 Å². The number of carboxylic acid groups (broad SMARTS) is 1. The quantitative estimate of drug-likeness (QED) is 0.142. The number of unbranched alkanes of at least 4 members (excludes halogenated alkanes) is 7. The van der Waals surface area contributed by atoms with Gasteiger partial charge in [-0.25, -0.2) is 4.79 Å². The van der Waals surface area contributed by atoms with Crippen molar-refractivity contribution in [1.82, 2.24) is 0 Å². The van der Waals surface area contributed by atoms with E-state index in [4.69, 9.17) is 9.78 Å². The number of rotatable bonds is 18. The monoisotopic (exact) mass is 436 g/mol. The summed E-state index contributed by atoms with van der Waals surface area (Å²) < 4.78 is 0. The average molecular weight is 437 g/mol. The fraction of sp³-hybridized carbons (Fsp3) is 0.731. The highest BCUT2D eigenvalue weighted by Gasteiger charge is 2.28. The first-order valence-electron chi connectivity index (χ1n) is 12.4. The van der Waals surface area contributed by atoms with E-state index < -0.39 is 5.97 Å². The highest BCUT2D eigenvalue weighted by molar-refractivity contribution is 5.94. The first kappa shape index (κ1) is 27.3. The number of aromatic carboxylic acids is 1. The molecule has 5 heteroatoms. The third-order valence-corrected chi connectivity index (χ3v) is 5.78. The number of hydrogen-bond acceptors (Lipinski definition) is 4. The van der Waals surface area contributed by atoms with Gasteiger partial charge >= 0.3 is 5.97 Å². The molecule has 0 fully saturated rings. The Balaban J connectivity index is 3.30. The van der Waals surface area contributed by atoms with Crippen molar-refractivity contribution >= 4 is 5.97 Å². The second-order valence-corrected chi connectivity index (χ2v) is 8.42. The second kappa shape index (κ2) is 16.0. The van der Waals surface area contributed by atoms with Crippen molar-refractivity contribution in [2.24, 2.45) is 0 Å². The van der Waals surface area contributed by atoms with Crippen LogP contribution in [0.15, 0.2) is 0 Å². The Morgan fingerprint density at radius 2 is 1.23 bits per heavy atom. The lowest BCUT2D eigenvalue weighted by atomic mass is 9.86. The zero-order chi connectivity index (χ0) is 23.1. The van der Waals surface area contributed by atoms with Crippen LogP contribution in [0.2, 0.25) is 0 Å². The first-order valence-corrected chi connectivity index (χ1v) is 12.4. The van der Waals surface area contributed by atoms with Gasteiger partial charge in [-0.05, 0) is 56.1 Å². The number of benzene rings is 1. The van der Waals surface area contributed by atoms with Gasteiger partial charge in [0.1, 0.15) is 5.56 Å². The van der Waals surface area contributed by atoms with Crippen LogP contribution in [0, 0.1) is 0 Å². The molecule has 178 valence electrons. The normalized spacial score (nSPS) is 11.1. The Morgan fingerprint density at radius 1 is 0.710 bits per heavy atom. The van der Waals surface area contributed by atoms with Crippen molar-refractivity contribution < 1.29 is 24.8 Å². The standard InChI is InChI=1S/C26H44O5/c1-5-9-13-14-15-19-30-31-25-22(18-12-8-4)20(16-10-6-2)21(17-11-7-3)23(24(25)27)26(28)29/h27H,5-19H2,1-4H3,(H,28,29). The molecule has 0 unspecified atom stereocenters. The zero-order valence-electron chi connectivity index (χ0n) is 20.2. The second-order valence-electron chi connectivity index (χ2n) is 8.42. The van der Waals surface area contributed by atoms with E-state index in [1.807, 2.05) is 0 Å². The number of hydrogen-bond donors (Lipinski definition) is 2. The van der Waals surface area contributed by atoms with Crippen molar-refractivity contribution in [3.63, 3.8) is 0 Å². The molecule has 31 heavy (non-hydrogen) atoms. The van der Waals surface area contributed by atoms with E-state index >= 15 is 0 Å². The van der Waals surface area contributed by atoms with Crippen LogP contribution in [0.25, 0.3) is 0 Å². The lowest BCUT2D eigenvalue weighted by molar-refractivity contribution is -0.208. The zero-order valence-corrected chi connectivity index (χ0v) is 20.2. The minimum absolute atomic E-state index is 0.0126. The van der Waals surface area contributed by atoms with Crippen molar-refractivity contribution in [3.8, 4) is 11.5 Å². The number of aromatic hydroxyl groups is 1. The summed E-state index contributed by atoms with van der Waals surface area (Å²) in [6.07, 6.45) is 13.5. The fourth-order valence-electron chi connectivity index (χ4n) is 3.96. The number of phenols is 1. The molecule has 1 aromatic carbocycles. The predicted molar refractivity (Wildman–Crippen MR) is 126 cm³/mol. The molecule has 5 nitrogen and oxygen atoms in total. The molecule has 0 atom stereocenters. The van der Waals surface area contributed by atoms with E-state index in [0.717, 1.165) is 80.9 Å². The summed E-state index contributed by atoms with van der Waals surface area (Å²) in [5.41, 5.74) is 2.73. The Morgan fingerprint density at radius 3 is 1.77 bits per heavy atom. The van der Waals surface area contributed by atoms with Crippen molar-refractivity contribution in [1.29, 1.82) is 0 Å². The number of carbonyl (C=O) groups is 1. The van der Waals surface area contributed by atoms with Crippen LogP contribution >= 0.6 is 0 Å². The van der Waals surface area contributed by atoms with Gasteiger partial charge in [-0.3, -0.25) is 0 Å². The molecule has 0 aliphatic heterocycles. The molecule has 0 saturated carbocycles. The van der Waals surface area contributed by atoms with Gasteiger partial charge in [0.15, 0.2) is 5.75 Å². The molecule has 0 aliphatic rings. The predicted octanol–water partition coefficient (Wildman–Crippen LogP) is 7.40. The van der Waals surface area contributed by atoms with Gasteiger partial charge in [0.25, 0.3) is 0 Å². The SMILES string of the molecule is CCCCCCCOOc1c(O)c(C(=O)O)c(CCCC)c(CCCC)c1CCCC. The van der Waals surface area contributed by atoms with E-state index in [9.17, 15) is 15.0 Å². The largest absolute Gasteiger partial charge is 0.504 e. The summed E-state index contributed by atoms with van der Waals surface area (Å²) in [5, 5.41) is 20.9. The summed E-state index contributed by atoms with van der Waals surface area (Å²) in [4.78, 5) is 23.2. The molecule has 0 bridgehead atoms. The third kappa shape index (κ3) is 8.72. The van der Waals surface area contributed by atoms with Gasteiger partial charge in [-0.1, -0.05) is 72.6 Å². The molecule has 0 aromatic heterocycles. The van der Waals surface area contributed by atoms with Gasteiger partial charge in [-0.15, -0.1) is 0 Å². The summed E-state index contributed by atoms with van der Waals surface area (Å²) in [7, 11) is 0. The van der Waals surface area contributed by atoms with E-state index in [-0.39, 0.29) is 17.1 Å². The third-order valence-electron chi connectivity index (χ3n) is 5.78. The van der Waals surface area contributed by atoms with Gasteiger partial charge < -0.3 is 15.1 Å². The van der Waals surface area contributed by atoms with Gasteiger partial charge in [0, 0.05) is 5.56 Å². The van der Waals surface area contributed by atoms with Gasteiger partial charge in [0.2, 0.25) is 5.75 Å². The van der Waals surface area contributed by atoms with Crippen molar-refractivity contribution in [2.45, 2.75) is 118 Å². The lowest BCUT2D eigenvalue weighted by Crippen LogP contribution is -2.13. The molecule has 0 aliphatic carbocycles. The number of carboxylic acids is 1. The summed E-state index contributed by atoms with van der Waals surface area (Å²) >= 11 is 0. The maximum absolute atomic E-state index is 12.1. The minimum atomic E-state index is -1.10. The molecule has 0 radical (unpaired) electrons. The highest BCUT2D eigenvalue weighted by atomic mass is 17.2. The van der Waals surface area contributed by atoms with Crippen LogP contribution in [0.1, 0.15) is 125 Å². The molecule has 1 aromatic rings. The van der Waals surface area contributed by atoms with Crippen LogP contribution < -0.4 is 4.89 Å². The smallest absolute Gasteiger partial charge is 0.339 e. The maximum Gasteiger partial charge on any atom is 0.339 e. The lowest BCUT2D eigenvalue weighted by Gasteiger charge is -2.22.